The van der Waals surface area contributed by atoms with Crippen LogP contribution in [0.4, 0.5) is 13.2 Å². The molecule has 1 N–H and O–H groups in total. The topological polar surface area (TPSA) is 29.1 Å². The Balaban J connectivity index is 2.09. The number of Topliss-reactive ketones (excluding diaryl/α,β-unsaturated/α-hetero) is 1. The highest BCUT2D eigenvalue weighted by Gasteiger charge is 2.62. The van der Waals surface area contributed by atoms with E-state index in [9.17, 15) is 18.0 Å². The lowest BCUT2D eigenvalue weighted by molar-refractivity contribution is -0.217. The zero-order chi connectivity index (χ0) is 14.1. The Kier molecular flexibility index (Phi) is 4.23. The van der Waals surface area contributed by atoms with Gasteiger partial charge in [0.2, 0.25) is 0 Å². The van der Waals surface area contributed by atoms with E-state index in [0.717, 1.165) is 19.3 Å². The van der Waals surface area contributed by atoms with E-state index < -0.39 is 17.4 Å². The van der Waals surface area contributed by atoms with Gasteiger partial charge in [0.05, 0.1) is 0 Å². The fraction of sp³-hybridized carbons (Fsp3) is 0.929. The van der Waals surface area contributed by atoms with Crippen LogP contribution in [0, 0.1) is 17.3 Å². The van der Waals surface area contributed by atoms with Crippen LogP contribution in [0.3, 0.4) is 0 Å². The number of ketones is 1. The quantitative estimate of drug-likeness (QED) is 0.857. The van der Waals surface area contributed by atoms with Crippen LogP contribution in [0.1, 0.15) is 45.4 Å². The number of nitrogens with one attached hydrogen (secondary N) is 1. The van der Waals surface area contributed by atoms with Crippen LogP contribution < -0.4 is 5.32 Å². The monoisotopic (exact) mass is 277 g/mol. The Hall–Kier alpha value is -0.580. The summed E-state index contributed by atoms with van der Waals surface area (Å²) in [5.74, 6) is -0.350. The second-order valence-corrected chi connectivity index (χ2v) is 6.00. The van der Waals surface area contributed by atoms with Crippen molar-refractivity contribution in [1.29, 1.82) is 0 Å². The second-order valence-electron chi connectivity index (χ2n) is 6.00. The molecule has 2 aliphatic rings. The molecule has 1 saturated carbocycles. The zero-order valence-corrected chi connectivity index (χ0v) is 11.4. The molecule has 19 heavy (non-hydrogen) atoms. The van der Waals surface area contributed by atoms with Gasteiger partial charge in [0.25, 0.3) is 0 Å². The van der Waals surface area contributed by atoms with Gasteiger partial charge < -0.3 is 5.32 Å². The van der Waals surface area contributed by atoms with E-state index in [0.29, 0.717) is 18.8 Å². The molecule has 0 spiro atoms. The van der Waals surface area contributed by atoms with E-state index >= 15 is 0 Å². The first-order valence-corrected chi connectivity index (χ1v) is 7.22. The first kappa shape index (κ1) is 14.8. The molecule has 0 aromatic rings. The maximum atomic E-state index is 13.3. The highest BCUT2D eigenvalue weighted by molar-refractivity contribution is 5.88. The molecule has 1 heterocycles. The molecular weight excluding hydrogens is 255 g/mol. The molecule has 110 valence electrons. The molecule has 1 atom stereocenters. The molecule has 0 amide bonds. The van der Waals surface area contributed by atoms with E-state index in [1.54, 1.807) is 0 Å². The Morgan fingerprint density at radius 3 is 2.32 bits per heavy atom. The number of carbonyl (C=O) groups is 1. The summed E-state index contributed by atoms with van der Waals surface area (Å²) in [4.78, 5) is 12.4. The first-order valence-electron chi connectivity index (χ1n) is 7.22. The molecule has 1 aliphatic carbocycles. The van der Waals surface area contributed by atoms with E-state index in [-0.39, 0.29) is 25.4 Å². The summed E-state index contributed by atoms with van der Waals surface area (Å²) in [6.45, 7) is 2.16. The molecule has 5 heteroatoms. The molecule has 2 fully saturated rings. The van der Waals surface area contributed by atoms with Crippen molar-refractivity contribution >= 4 is 5.78 Å². The third kappa shape index (κ3) is 2.67. The first-order chi connectivity index (χ1) is 8.90. The minimum Gasteiger partial charge on any atom is -0.315 e. The van der Waals surface area contributed by atoms with Crippen molar-refractivity contribution in [3.05, 3.63) is 0 Å². The molecule has 0 bridgehead atoms. The lowest BCUT2D eigenvalue weighted by Crippen LogP contribution is -2.49. The lowest BCUT2D eigenvalue weighted by atomic mass is 9.70. The van der Waals surface area contributed by atoms with Gasteiger partial charge >= 0.3 is 6.18 Å². The van der Waals surface area contributed by atoms with Crippen molar-refractivity contribution in [1.82, 2.24) is 5.32 Å². The minimum atomic E-state index is -4.42. The van der Waals surface area contributed by atoms with Crippen molar-refractivity contribution in [2.45, 2.75) is 51.6 Å². The minimum absolute atomic E-state index is 0.0942. The number of hydrogen-bond donors (Lipinski definition) is 1. The lowest BCUT2D eigenvalue weighted by Gasteiger charge is -2.35. The van der Waals surface area contributed by atoms with Crippen LogP contribution in [-0.2, 0) is 4.79 Å². The van der Waals surface area contributed by atoms with Crippen LogP contribution in [0.15, 0.2) is 0 Å². The highest BCUT2D eigenvalue weighted by atomic mass is 19.4. The molecule has 2 nitrogen and oxygen atoms in total. The fourth-order valence-electron chi connectivity index (χ4n) is 3.51. The Morgan fingerprint density at radius 2 is 1.89 bits per heavy atom. The summed E-state index contributed by atoms with van der Waals surface area (Å²) < 4.78 is 39.9. The van der Waals surface area contributed by atoms with Gasteiger partial charge in [-0.3, -0.25) is 4.79 Å². The van der Waals surface area contributed by atoms with Crippen molar-refractivity contribution in [2.24, 2.45) is 17.3 Å². The van der Waals surface area contributed by atoms with Gasteiger partial charge in [-0.2, -0.15) is 13.2 Å². The summed E-state index contributed by atoms with van der Waals surface area (Å²) in [6.07, 6.45) is -0.391. The van der Waals surface area contributed by atoms with Gasteiger partial charge in [-0.1, -0.05) is 13.3 Å². The highest BCUT2D eigenvalue weighted by Crippen LogP contribution is 2.47. The number of hydrogen-bond acceptors (Lipinski definition) is 2. The summed E-state index contributed by atoms with van der Waals surface area (Å²) in [5.41, 5.74) is -2.11. The van der Waals surface area contributed by atoms with Gasteiger partial charge in [0.1, 0.15) is 5.41 Å². The van der Waals surface area contributed by atoms with Gasteiger partial charge in [0, 0.05) is 12.5 Å². The predicted octanol–water partition coefficient (Wildman–Crippen LogP) is 3.31. The summed E-state index contributed by atoms with van der Waals surface area (Å²) in [5, 5.41) is 2.72. The average molecular weight is 277 g/mol. The van der Waals surface area contributed by atoms with Crippen molar-refractivity contribution in [3.63, 3.8) is 0 Å². The van der Waals surface area contributed by atoms with Gasteiger partial charge in [-0.05, 0) is 44.6 Å². The van der Waals surface area contributed by atoms with Gasteiger partial charge in [-0.25, -0.2) is 0 Å². The molecule has 1 aliphatic heterocycles. The largest absolute Gasteiger partial charge is 0.402 e. The average Bonchev–Trinajstić information content (AvgIpc) is 2.88. The Bertz CT molecular complexity index is 326. The molecular formula is C14H22F3NO. The normalized spacial score (nSPS) is 36.4. The summed E-state index contributed by atoms with van der Waals surface area (Å²) >= 11 is 0. The van der Waals surface area contributed by atoms with E-state index in [1.165, 1.54) is 0 Å². The molecule has 1 saturated heterocycles. The maximum Gasteiger partial charge on any atom is 0.402 e. The van der Waals surface area contributed by atoms with Gasteiger partial charge in [-0.15, -0.1) is 0 Å². The third-order valence-corrected chi connectivity index (χ3v) is 4.96. The predicted molar refractivity (Wildman–Crippen MR) is 66.7 cm³/mol. The van der Waals surface area contributed by atoms with Crippen LogP contribution in [0.2, 0.25) is 0 Å². The number of alkyl halides is 3. The van der Waals surface area contributed by atoms with Crippen LogP contribution >= 0.6 is 0 Å². The molecule has 0 aromatic heterocycles. The molecule has 2 rings (SSSR count). The maximum absolute atomic E-state index is 13.3. The number of halogens is 3. The zero-order valence-electron chi connectivity index (χ0n) is 11.4. The van der Waals surface area contributed by atoms with Gasteiger partial charge in [0.15, 0.2) is 5.78 Å². The SMILES string of the molecule is CCC1CCC(C(=O)C2(C(F)(F)F)CCNC2)CC1. The fourth-order valence-corrected chi connectivity index (χ4v) is 3.51. The smallest absolute Gasteiger partial charge is 0.315 e. The summed E-state index contributed by atoms with van der Waals surface area (Å²) in [6, 6.07) is 0. The Labute approximate surface area is 112 Å². The van der Waals surface area contributed by atoms with Crippen LogP contribution in [0.5, 0.6) is 0 Å². The molecule has 0 radical (unpaired) electrons. The third-order valence-electron chi connectivity index (χ3n) is 4.96. The summed E-state index contributed by atoms with van der Waals surface area (Å²) in [7, 11) is 0. The number of rotatable bonds is 3. The molecule has 0 aromatic carbocycles. The molecule has 1 unspecified atom stereocenters. The van der Waals surface area contributed by atoms with Crippen LogP contribution in [-0.4, -0.2) is 25.0 Å². The van der Waals surface area contributed by atoms with E-state index in [2.05, 4.69) is 12.2 Å². The Morgan fingerprint density at radius 1 is 1.26 bits per heavy atom. The van der Waals surface area contributed by atoms with Crippen molar-refractivity contribution < 1.29 is 18.0 Å². The van der Waals surface area contributed by atoms with Crippen LogP contribution in [0.25, 0.3) is 0 Å². The number of carbonyl (C=O) groups excluding carboxylic acids is 1. The van der Waals surface area contributed by atoms with E-state index in [4.69, 9.17) is 0 Å². The second kappa shape index (κ2) is 5.43. The van der Waals surface area contributed by atoms with Crippen molar-refractivity contribution in [2.75, 3.05) is 13.1 Å². The van der Waals surface area contributed by atoms with Crippen molar-refractivity contribution in [3.8, 4) is 0 Å². The standard InChI is InChI=1S/C14H22F3NO/c1-2-10-3-5-11(6-4-10)12(19)13(14(15,16)17)7-8-18-9-13/h10-11,18H,2-9H2,1H3. The van der Waals surface area contributed by atoms with E-state index in [1.807, 2.05) is 0 Å².